The molecule has 0 spiro atoms. The maximum Gasteiger partial charge on any atom is 0.289 e. The lowest BCUT2D eigenvalue weighted by Gasteiger charge is -2.28. The van der Waals surface area contributed by atoms with Crippen molar-refractivity contribution in [3.63, 3.8) is 0 Å². The van der Waals surface area contributed by atoms with Crippen LogP contribution in [0.4, 0.5) is 5.69 Å². The number of carbonyl (C=O) groups is 2. The highest BCUT2D eigenvalue weighted by Crippen LogP contribution is 2.26. The van der Waals surface area contributed by atoms with Gasteiger partial charge in [-0.05, 0) is 53.9 Å². The molecular formula is C22H17N3O3S. The van der Waals surface area contributed by atoms with Gasteiger partial charge in [0.1, 0.15) is 0 Å². The fourth-order valence-corrected chi connectivity index (χ4v) is 4.38. The third-order valence-corrected chi connectivity index (χ3v) is 6.02. The number of hydrogen-bond donors (Lipinski definition) is 1. The van der Waals surface area contributed by atoms with Crippen LogP contribution in [0, 0.1) is 0 Å². The van der Waals surface area contributed by atoms with Crippen LogP contribution in [0.5, 0.6) is 0 Å². The van der Waals surface area contributed by atoms with Crippen LogP contribution in [-0.2, 0) is 13.0 Å². The zero-order valence-corrected chi connectivity index (χ0v) is 16.2. The number of anilines is 1. The summed E-state index contributed by atoms with van der Waals surface area (Å²) >= 11 is 1.37. The third kappa shape index (κ3) is 3.40. The molecule has 29 heavy (non-hydrogen) atoms. The standard InChI is InChI=1S/C22H17N3O3S/c26-20(21-24-17-4-1-2-6-19(17)29-21)23-16-8-7-14-9-10-25(13-15(14)12-16)22(27)18-5-3-11-28-18/h1-8,11-12H,9-10,13H2,(H,23,26). The quantitative estimate of drug-likeness (QED) is 0.552. The number of carbonyl (C=O) groups excluding carboxylic acids is 2. The Morgan fingerprint density at radius 1 is 1.07 bits per heavy atom. The fourth-order valence-electron chi connectivity index (χ4n) is 3.52. The minimum Gasteiger partial charge on any atom is -0.459 e. The van der Waals surface area contributed by atoms with Gasteiger partial charge >= 0.3 is 0 Å². The average Bonchev–Trinajstić information content (AvgIpc) is 3.42. The molecule has 5 rings (SSSR count). The molecule has 2 amide bonds. The number of amides is 2. The molecule has 2 aromatic carbocycles. The maximum absolute atomic E-state index is 12.6. The molecule has 7 heteroatoms. The molecule has 1 N–H and O–H groups in total. The molecular weight excluding hydrogens is 386 g/mol. The number of nitrogens with zero attached hydrogens (tertiary/aromatic N) is 2. The van der Waals surface area contributed by atoms with Gasteiger partial charge < -0.3 is 14.6 Å². The Bertz CT molecular complexity index is 1180. The first-order valence-electron chi connectivity index (χ1n) is 9.29. The highest BCUT2D eigenvalue weighted by atomic mass is 32.1. The third-order valence-electron chi connectivity index (χ3n) is 4.98. The number of nitrogens with one attached hydrogen (secondary N) is 1. The molecule has 0 fully saturated rings. The van der Waals surface area contributed by atoms with Gasteiger partial charge in [-0.25, -0.2) is 4.98 Å². The van der Waals surface area contributed by atoms with E-state index in [1.54, 1.807) is 17.0 Å². The van der Waals surface area contributed by atoms with Gasteiger partial charge in [0.15, 0.2) is 10.8 Å². The van der Waals surface area contributed by atoms with Gasteiger partial charge in [-0.15, -0.1) is 11.3 Å². The van der Waals surface area contributed by atoms with Crippen molar-refractivity contribution in [2.24, 2.45) is 0 Å². The average molecular weight is 403 g/mol. The number of aromatic nitrogens is 1. The molecule has 0 unspecified atom stereocenters. The van der Waals surface area contributed by atoms with Gasteiger partial charge in [0.2, 0.25) is 0 Å². The van der Waals surface area contributed by atoms with Crippen molar-refractivity contribution in [3.8, 4) is 0 Å². The summed E-state index contributed by atoms with van der Waals surface area (Å²) in [5, 5.41) is 3.36. The molecule has 0 atom stereocenters. The Morgan fingerprint density at radius 2 is 1.97 bits per heavy atom. The summed E-state index contributed by atoms with van der Waals surface area (Å²) in [5.74, 6) is -0.0104. The second-order valence-electron chi connectivity index (χ2n) is 6.88. The minimum absolute atomic E-state index is 0.121. The van der Waals surface area contributed by atoms with E-state index in [9.17, 15) is 9.59 Å². The summed E-state index contributed by atoms with van der Waals surface area (Å²) in [6.07, 6.45) is 2.27. The summed E-state index contributed by atoms with van der Waals surface area (Å²) in [4.78, 5) is 31.4. The highest BCUT2D eigenvalue weighted by Gasteiger charge is 2.24. The van der Waals surface area contributed by atoms with Crippen LogP contribution in [0.3, 0.4) is 0 Å². The first-order valence-corrected chi connectivity index (χ1v) is 10.1. The van der Waals surface area contributed by atoms with Crippen LogP contribution in [0.15, 0.2) is 65.3 Å². The van der Waals surface area contributed by atoms with Crippen molar-refractivity contribution in [1.82, 2.24) is 9.88 Å². The van der Waals surface area contributed by atoms with Crippen LogP contribution >= 0.6 is 11.3 Å². The molecule has 144 valence electrons. The lowest BCUT2D eigenvalue weighted by molar-refractivity contribution is 0.0702. The molecule has 1 aliphatic heterocycles. The molecule has 1 aliphatic rings. The van der Waals surface area contributed by atoms with E-state index in [2.05, 4.69) is 10.3 Å². The molecule has 0 saturated carbocycles. The number of benzene rings is 2. The molecule has 2 aromatic heterocycles. The number of hydrogen-bond acceptors (Lipinski definition) is 5. The number of thiazole rings is 1. The fraction of sp³-hybridized carbons (Fsp3) is 0.136. The Kier molecular flexibility index (Phi) is 4.37. The van der Waals surface area contributed by atoms with Crippen LogP contribution in [0.25, 0.3) is 10.2 Å². The Balaban J connectivity index is 1.34. The van der Waals surface area contributed by atoms with E-state index in [-0.39, 0.29) is 11.8 Å². The van der Waals surface area contributed by atoms with Gasteiger partial charge in [0, 0.05) is 18.8 Å². The predicted octanol–water partition coefficient (Wildman–Crippen LogP) is 4.34. The van der Waals surface area contributed by atoms with Crippen molar-refractivity contribution >= 4 is 39.1 Å². The van der Waals surface area contributed by atoms with Crippen LogP contribution in [-0.4, -0.2) is 28.2 Å². The first-order chi connectivity index (χ1) is 14.2. The molecule has 0 bridgehead atoms. The van der Waals surface area contributed by atoms with Gasteiger partial charge in [0.25, 0.3) is 11.8 Å². The highest BCUT2D eigenvalue weighted by molar-refractivity contribution is 7.20. The molecule has 4 aromatic rings. The van der Waals surface area contributed by atoms with E-state index in [0.717, 1.165) is 22.2 Å². The number of fused-ring (bicyclic) bond motifs is 2. The van der Waals surface area contributed by atoms with Crippen LogP contribution < -0.4 is 5.32 Å². The van der Waals surface area contributed by atoms with E-state index in [0.29, 0.717) is 29.5 Å². The van der Waals surface area contributed by atoms with Crippen molar-refractivity contribution in [2.75, 3.05) is 11.9 Å². The Hall–Kier alpha value is -3.45. The summed E-state index contributed by atoms with van der Waals surface area (Å²) in [6, 6.07) is 16.9. The molecule has 0 aliphatic carbocycles. The van der Waals surface area contributed by atoms with Crippen molar-refractivity contribution in [2.45, 2.75) is 13.0 Å². The SMILES string of the molecule is O=C(Nc1ccc2c(c1)CN(C(=O)c1ccco1)CC2)c1nc2ccccc2s1. The van der Waals surface area contributed by atoms with Gasteiger partial charge in [-0.3, -0.25) is 9.59 Å². The van der Waals surface area contributed by atoms with Gasteiger partial charge in [-0.2, -0.15) is 0 Å². The maximum atomic E-state index is 12.6. The number of rotatable bonds is 3. The van der Waals surface area contributed by atoms with E-state index in [4.69, 9.17) is 4.42 Å². The van der Waals surface area contributed by atoms with Crippen LogP contribution in [0.2, 0.25) is 0 Å². The summed E-state index contributed by atoms with van der Waals surface area (Å²) in [5.41, 5.74) is 3.73. The monoisotopic (exact) mass is 403 g/mol. The summed E-state index contributed by atoms with van der Waals surface area (Å²) in [6.45, 7) is 1.13. The number of para-hydroxylation sites is 1. The first kappa shape index (κ1) is 17.6. The summed E-state index contributed by atoms with van der Waals surface area (Å²) in [7, 11) is 0. The van der Waals surface area contributed by atoms with E-state index >= 15 is 0 Å². The topological polar surface area (TPSA) is 75.4 Å². The predicted molar refractivity (Wildman–Crippen MR) is 111 cm³/mol. The number of furan rings is 1. The lowest BCUT2D eigenvalue weighted by Crippen LogP contribution is -2.35. The molecule has 3 heterocycles. The Labute approximate surface area is 170 Å². The smallest absolute Gasteiger partial charge is 0.289 e. The second-order valence-corrected chi connectivity index (χ2v) is 7.91. The van der Waals surface area contributed by atoms with E-state index in [1.165, 1.54) is 23.2 Å². The molecule has 0 saturated heterocycles. The van der Waals surface area contributed by atoms with E-state index in [1.807, 2.05) is 42.5 Å². The van der Waals surface area contributed by atoms with Crippen molar-refractivity contribution < 1.29 is 14.0 Å². The van der Waals surface area contributed by atoms with Crippen molar-refractivity contribution in [3.05, 3.63) is 82.8 Å². The molecule has 0 radical (unpaired) electrons. The summed E-state index contributed by atoms with van der Waals surface area (Å²) < 4.78 is 6.21. The molecule has 6 nitrogen and oxygen atoms in total. The normalized spacial score (nSPS) is 13.3. The van der Waals surface area contributed by atoms with Crippen molar-refractivity contribution in [1.29, 1.82) is 0 Å². The van der Waals surface area contributed by atoms with Gasteiger partial charge in [0.05, 0.1) is 16.5 Å². The Morgan fingerprint density at radius 3 is 2.79 bits per heavy atom. The second kappa shape index (κ2) is 7.18. The van der Waals surface area contributed by atoms with E-state index < -0.39 is 0 Å². The zero-order valence-electron chi connectivity index (χ0n) is 15.4. The largest absolute Gasteiger partial charge is 0.459 e. The van der Waals surface area contributed by atoms with Gasteiger partial charge in [-0.1, -0.05) is 18.2 Å². The minimum atomic E-state index is -0.231. The lowest BCUT2D eigenvalue weighted by atomic mass is 9.99. The zero-order chi connectivity index (χ0) is 19.8. The van der Waals surface area contributed by atoms with Crippen LogP contribution in [0.1, 0.15) is 31.5 Å².